The van der Waals surface area contributed by atoms with Gasteiger partial charge in [-0.05, 0) is 12.1 Å². The Kier molecular flexibility index (Phi) is 3.49. The van der Waals surface area contributed by atoms with Gasteiger partial charge in [-0.3, -0.25) is 9.59 Å². The fourth-order valence-electron chi connectivity index (χ4n) is 2.78. The zero-order valence-electron chi connectivity index (χ0n) is 12.8. The number of aromatic amines is 1. The molecule has 24 heavy (non-hydrogen) atoms. The normalized spacial score (nSPS) is 14.4. The van der Waals surface area contributed by atoms with Crippen molar-refractivity contribution in [1.29, 1.82) is 0 Å². The Morgan fingerprint density at radius 1 is 1.12 bits per heavy atom. The van der Waals surface area contributed by atoms with Gasteiger partial charge in [0.05, 0.1) is 18.7 Å². The minimum Gasteiger partial charge on any atom is -0.471 e. The Labute approximate surface area is 138 Å². The van der Waals surface area contributed by atoms with E-state index in [9.17, 15) is 9.59 Å². The highest BCUT2D eigenvalue weighted by Gasteiger charge is 2.36. The van der Waals surface area contributed by atoms with Crippen LogP contribution in [0.5, 0.6) is 5.88 Å². The standard InChI is InChI=1S/C18H15N3O3/c22-17(14-9-20-15-6-2-1-5-13(14)15)18(23)21-10-12(11-21)24-16-7-3-4-8-19-16/h1-9,12,20H,10-11H2. The third-order valence-corrected chi connectivity index (χ3v) is 4.09. The molecule has 3 aromatic rings. The van der Waals surface area contributed by atoms with Gasteiger partial charge in [0.25, 0.3) is 11.7 Å². The zero-order chi connectivity index (χ0) is 16.5. The fourth-order valence-corrected chi connectivity index (χ4v) is 2.78. The summed E-state index contributed by atoms with van der Waals surface area (Å²) in [6.07, 6.45) is 3.11. The van der Waals surface area contributed by atoms with Crippen molar-refractivity contribution in [3.63, 3.8) is 0 Å². The average molecular weight is 321 g/mol. The molecule has 1 aliphatic rings. The lowest BCUT2D eigenvalue weighted by Crippen LogP contribution is -2.57. The van der Waals surface area contributed by atoms with Gasteiger partial charge < -0.3 is 14.6 Å². The van der Waals surface area contributed by atoms with E-state index in [-0.39, 0.29) is 6.10 Å². The number of hydrogen-bond acceptors (Lipinski definition) is 4. The first kappa shape index (κ1) is 14.4. The van der Waals surface area contributed by atoms with Gasteiger partial charge in [0, 0.05) is 29.4 Å². The molecule has 1 fully saturated rings. The number of likely N-dealkylation sites (tertiary alicyclic amines) is 1. The van der Waals surface area contributed by atoms with Crippen LogP contribution in [0.25, 0.3) is 10.9 Å². The van der Waals surface area contributed by atoms with E-state index < -0.39 is 11.7 Å². The summed E-state index contributed by atoms with van der Waals surface area (Å²) in [5, 5.41) is 0.762. The lowest BCUT2D eigenvalue weighted by molar-refractivity contribution is -0.134. The van der Waals surface area contributed by atoms with Crippen LogP contribution in [0.4, 0.5) is 0 Å². The Balaban J connectivity index is 1.41. The molecule has 0 atom stereocenters. The van der Waals surface area contributed by atoms with E-state index in [1.165, 1.54) is 4.90 Å². The predicted molar refractivity (Wildman–Crippen MR) is 87.9 cm³/mol. The second-order valence-electron chi connectivity index (χ2n) is 5.70. The monoisotopic (exact) mass is 321 g/mol. The van der Waals surface area contributed by atoms with E-state index in [2.05, 4.69) is 9.97 Å². The third kappa shape index (κ3) is 2.52. The number of ketones is 1. The van der Waals surface area contributed by atoms with Crippen molar-refractivity contribution in [2.45, 2.75) is 6.10 Å². The smallest absolute Gasteiger partial charge is 0.295 e. The number of benzene rings is 1. The van der Waals surface area contributed by atoms with E-state index in [1.54, 1.807) is 18.5 Å². The van der Waals surface area contributed by atoms with Crippen molar-refractivity contribution in [3.05, 3.63) is 60.4 Å². The number of hydrogen-bond donors (Lipinski definition) is 1. The quantitative estimate of drug-likeness (QED) is 0.589. The van der Waals surface area contributed by atoms with Crippen molar-refractivity contribution >= 4 is 22.6 Å². The molecular weight excluding hydrogens is 306 g/mol. The van der Waals surface area contributed by atoms with Crippen LogP contribution in [-0.2, 0) is 4.79 Å². The lowest BCUT2D eigenvalue weighted by atomic mass is 10.1. The number of carbonyl (C=O) groups is 2. The van der Waals surface area contributed by atoms with Crippen LogP contribution < -0.4 is 4.74 Å². The number of ether oxygens (including phenoxy) is 1. The Morgan fingerprint density at radius 2 is 1.92 bits per heavy atom. The van der Waals surface area contributed by atoms with Gasteiger partial charge in [-0.15, -0.1) is 0 Å². The SMILES string of the molecule is O=C(C(=O)N1CC(Oc2ccccn2)C1)c1c[nH]c2ccccc12. The molecule has 120 valence electrons. The van der Waals surface area contributed by atoms with Crippen LogP contribution >= 0.6 is 0 Å². The van der Waals surface area contributed by atoms with Crippen molar-refractivity contribution in [3.8, 4) is 5.88 Å². The molecule has 1 saturated heterocycles. The number of aromatic nitrogens is 2. The molecular formula is C18H15N3O3. The maximum atomic E-state index is 12.5. The highest BCUT2D eigenvalue weighted by atomic mass is 16.5. The molecule has 0 bridgehead atoms. The summed E-state index contributed by atoms with van der Waals surface area (Å²) in [4.78, 5) is 33.4. The molecule has 0 unspecified atom stereocenters. The van der Waals surface area contributed by atoms with Crippen molar-refractivity contribution in [2.24, 2.45) is 0 Å². The molecule has 6 nitrogen and oxygen atoms in total. The number of nitrogens with one attached hydrogen (secondary N) is 1. The zero-order valence-corrected chi connectivity index (χ0v) is 12.8. The number of para-hydroxylation sites is 1. The van der Waals surface area contributed by atoms with Gasteiger partial charge in [0.1, 0.15) is 6.10 Å². The molecule has 1 aromatic carbocycles. The van der Waals surface area contributed by atoms with Crippen LogP contribution in [0, 0.1) is 0 Å². The highest BCUT2D eigenvalue weighted by molar-refractivity contribution is 6.45. The predicted octanol–water partition coefficient (Wildman–Crippen LogP) is 2.04. The van der Waals surface area contributed by atoms with Gasteiger partial charge in [-0.25, -0.2) is 4.98 Å². The topological polar surface area (TPSA) is 75.3 Å². The highest BCUT2D eigenvalue weighted by Crippen LogP contribution is 2.21. The maximum absolute atomic E-state index is 12.5. The fraction of sp³-hybridized carbons (Fsp3) is 0.167. The van der Waals surface area contributed by atoms with Crippen molar-refractivity contribution in [1.82, 2.24) is 14.9 Å². The number of Topliss-reactive ketones (excluding diaryl/α,β-unsaturated/α-hetero) is 1. The van der Waals surface area contributed by atoms with Crippen LogP contribution in [0.3, 0.4) is 0 Å². The van der Waals surface area contributed by atoms with Gasteiger partial charge in [0.2, 0.25) is 5.88 Å². The molecule has 3 heterocycles. The number of pyridine rings is 1. The summed E-state index contributed by atoms with van der Waals surface area (Å²) in [6, 6.07) is 12.8. The molecule has 0 radical (unpaired) electrons. The van der Waals surface area contributed by atoms with Crippen molar-refractivity contribution in [2.75, 3.05) is 13.1 Å². The summed E-state index contributed by atoms with van der Waals surface area (Å²) in [7, 11) is 0. The second-order valence-corrected chi connectivity index (χ2v) is 5.70. The Hall–Kier alpha value is -3.15. The molecule has 0 saturated carbocycles. The summed E-state index contributed by atoms with van der Waals surface area (Å²) in [5.74, 6) is -0.470. The molecule has 1 aliphatic heterocycles. The molecule has 0 aliphatic carbocycles. The first-order valence-corrected chi connectivity index (χ1v) is 7.70. The molecule has 0 spiro atoms. The average Bonchev–Trinajstić information content (AvgIpc) is 3.01. The van der Waals surface area contributed by atoms with Crippen LogP contribution in [0.15, 0.2) is 54.9 Å². The van der Waals surface area contributed by atoms with Gasteiger partial charge in [-0.2, -0.15) is 0 Å². The number of nitrogens with zero attached hydrogens (tertiary/aromatic N) is 2. The molecule has 4 rings (SSSR count). The van der Waals surface area contributed by atoms with Gasteiger partial charge in [-0.1, -0.05) is 24.3 Å². The van der Waals surface area contributed by atoms with Crippen LogP contribution in [0.2, 0.25) is 0 Å². The van der Waals surface area contributed by atoms with E-state index in [0.29, 0.717) is 24.5 Å². The summed E-state index contributed by atoms with van der Waals surface area (Å²) in [6.45, 7) is 0.785. The lowest BCUT2D eigenvalue weighted by Gasteiger charge is -2.38. The number of H-pyrrole nitrogens is 1. The molecule has 2 aromatic heterocycles. The minimum absolute atomic E-state index is 0.125. The van der Waals surface area contributed by atoms with E-state index in [0.717, 1.165) is 10.9 Å². The third-order valence-electron chi connectivity index (χ3n) is 4.09. The first-order chi connectivity index (χ1) is 11.7. The minimum atomic E-state index is -0.499. The van der Waals surface area contributed by atoms with Crippen LogP contribution in [-0.4, -0.2) is 45.8 Å². The van der Waals surface area contributed by atoms with Crippen LogP contribution in [0.1, 0.15) is 10.4 Å². The summed E-state index contributed by atoms with van der Waals surface area (Å²) >= 11 is 0. The summed E-state index contributed by atoms with van der Waals surface area (Å²) in [5.41, 5.74) is 1.25. The number of fused-ring (bicyclic) bond motifs is 1. The molecule has 6 heteroatoms. The number of amides is 1. The maximum Gasteiger partial charge on any atom is 0.295 e. The van der Waals surface area contributed by atoms with E-state index in [1.807, 2.05) is 36.4 Å². The summed E-state index contributed by atoms with van der Waals surface area (Å²) < 4.78 is 5.65. The number of carbonyl (C=O) groups excluding carboxylic acids is 2. The van der Waals surface area contributed by atoms with Gasteiger partial charge >= 0.3 is 0 Å². The van der Waals surface area contributed by atoms with Crippen molar-refractivity contribution < 1.29 is 14.3 Å². The first-order valence-electron chi connectivity index (χ1n) is 7.70. The van der Waals surface area contributed by atoms with E-state index >= 15 is 0 Å². The van der Waals surface area contributed by atoms with Gasteiger partial charge in [0.15, 0.2) is 0 Å². The Bertz CT molecular complexity index is 898. The molecule has 1 N–H and O–H groups in total. The molecule has 1 amide bonds. The van der Waals surface area contributed by atoms with E-state index in [4.69, 9.17) is 4.74 Å². The second kappa shape index (κ2) is 5.81. The number of rotatable bonds is 4. The Morgan fingerprint density at radius 3 is 2.71 bits per heavy atom. The largest absolute Gasteiger partial charge is 0.471 e.